The molecular formula is C7H11NO4. The van der Waals surface area contributed by atoms with Gasteiger partial charge in [0.25, 0.3) is 0 Å². The van der Waals surface area contributed by atoms with Crippen LogP contribution in [-0.4, -0.2) is 25.7 Å². The van der Waals surface area contributed by atoms with Gasteiger partial charge in [-0.15, -0.1) is 0 Å². The van der Waals surface area contributed by atoms with Gasteiger partial charge in [0.05, 0.1) is 13.7 Å². The second kappa shape index (κ2) is 5.17. The maximum absolute atomic E-state index is 10.9. The van der Waals surface area contributed by atoms with E-state index in [9.17, 15) is 9.59 Å². The Morgan fingerprint density at radius 1 is 1.42 bits per heavy atom. The van der Waals surface area contributed by atoms with Gasteiger partial charge in [0.2, 0.25) is 0 Å². The molecule has 2 N–H and O–H groups in total. The van der Waals surface area contributed by atoms with Crippen LogP contribution in [0.5, 0.6) is 0 Å². The highest BCUT2D eigenvalue weighted by Crippen LogP contribution is 1.98. The second-order valence-corrected chi connectivity index (χ2v) is 1.79. The summed E-state index contributed by atoms with van der Waals surface area (Å²) in [7, 11) is 1.16. The molecule has 12 heavy (non-hydrogen) atoms. The molecule has 0 amide bonds. The first kappa shape index (κ1) is 10.5. The zero-order valence-corrected chi connectivity index (χ0v) is 6.99. The molecule has 68 valence electrons. The molecule has 5 heteroatoms. The van der Waals surface area contributed by atoms with Crippen molar-refractivity contribution in [1.29, 1.82) is 0 Å². The summed E-state index contributed by atoms with van der Waals surface area (Å²) >= 11 is 0. The summed E-state index contributed by atoms with van der Waals surface area (Å²) in [6, 6.07) is 0. The van der Waals surface area contributed by atoms with Crippen LogP contribution in [0.15, 0.2) is 11.8 Å². The fourth-order valence-electron chi connectivity index (χ4n) is 0.538. The minimum absolute atomic E-state index is 0.188. The largest absolute Gasteiger partial charge is 0.465 e. The van der Waals surface area contributed by atoms with Crippen molar-refractivity contribution < 1.29 is 19.1 Å². The first-order chi connectivity index (χ1) is 5.67. The number of ether oxygens (including phenoxy) is 2. The molecule has 0 aromatic heterocycles. The standard InChI is InChI=1S/C7H11NO4/c1-3-12-7(10)5(4-8)6(9)11-2/h4H,3,8H2,1-2H3/b5-4-. The molecule has 0 saturated carbocycles. The number of carbonyl (C=O) groups excluding carboxylic acids is 2. The Morgan fingerprint density at radius 3 is 2.33 bits per heavy atom. The number of methoxy groups -OCH3 is 1. The predicted molar refractivity (Wildman–Crippen MR) is 40.9 cm³/mol. The third-order valence-corrected chi connectivity index (χ3v) is 1.07. The molecule has 0 saturated heterocycles. The summed E-state index contributed by atoms with van der Waals surface area (Å²) in [6.07, 6.45) is 0.865. The molecule has 0 radical (unpaired) electrons. The van der Waals surface area contributed by atoms with Gasteiger partial charge in [-0.25, -0.2) is 9.59 Å². The van der Waals surface area contributed by atoms with Crippen molar-refractivity contribution in [3.63, 3.8) is 0 Å². The zero-order chi connectivity index (χ0) is 9.56. The quantitative estimate of drug-likeness (QED) is 0.271. The van der Waals surface area contributed by atoms with Crippen molar-refractivity contribution in [3.8, 4) is 0 Å². The van der Waals surface area contributed by atoms with Gasteiger partial charge in [0.15, 0.2) is 5.57 Å². The summed E-state index contributed by atoms with van der Waals surface area (Å²) in [5.74, 6) is -1.57. The van der Waals surface area contributed by atoms with E-state index in [1.807, 2.05) is 0 Å². The Bertz CT molecular complexity index is 209. The molecule has 0 unspecified atom stereocenters. The van der Waals surface area contributed by atoms with Crippen LogP contribution in [0.3, 0.4) is 0 Å². The summed E-state index contributed by atoms with van der Waals surface area (Å²) in [5, 5.41) is 0. The number of rotatable bonds is 3. The van der Waals surface area contributed by atoms with E-state index in [4.69, 9.17) is 5.73 Å². The van der Waals surface area contributed by atoms with Gasteiger partial charge in [-0.3, -0.25) is 0 Å². The SMILES string of the molecule is CCOC(=O)/C(=C\N)C(=O)OC. The minimum atomic E-state index is -0.795. The average molecular weight is 173 g/mol. The third-order valence-electron chi connectivity index (χ3n) is 1.07. The molecule has 0 aliphatic rings. The van der Waals surface area contributed by atoms with E-state index < -0.39 is 11.9 Å². The minimum Gasteiger partial charge on any atom is -0.465 e. The summed E-state index contributed by atoms with van der Waals surface area (Å²) in [5.41, 5.74) is 4.72. The van der Waals surface area contributed by atoms with Crippen LogP contribution < -0.4 is 5.73 Å². The van der Waals surface area contributed by atoms with Crippen LogP contribution >= 0.6 is 0 Å². The molecule has 0 bridgehead atoms. The van der Waals surface area contributed by atoms with E-state index in [0.717, 1.165) is 13.3 Å². The maximum Gasteiger partial charge on any atom is 0.347 e. The van der Waals surface area contributed by atoms with E-state index in [1.165, 1.54) is 0 Å². The van der Waals surface area contributed by atoms with Crippen LogP contribution in [0.2, 0.25) is 0 Å². The highest BCUT2D eigenvalue weighted by atomic mass is 16.5. The van der Waals surface area contributed by atoms with E-state index in [1.54, 1.807) is 6.92 Å². The zero-order valence-electron chi connectivity index (χ0n) is 6.99. The number of hydrogen-bond acceptors (Lipinski definition) is 5. The monoisotopic (exact) mass is 173 g/mol. The van der Waals surface area contributed by atoms with Crippen LogP contribution in [-0.2, 0) is 19.1 Å². The third kappa shape index (κ3) is 2.61. The molecule has 0 aliphatic carbocycles. The molecule has 0 aliphatic heterocycles. The number of carbonyl (C=O) groups is 2. The average Bonchev–Trinajstić information content (AvgIpc) is 2.06. The molecular weight excluding hydrogens is 162 g/mol. The van der Waals surface area contributed by atoms with Crippen molar-refractivity contribution in [1.82, 2.24) is 0 Å². The van der Waals surface area contributed by atoms with Crippen LogP contribution in [0, 0.1) is 0 Å². The summed E-state index contributed by atoms with van der Waals surface area (Å²) in [4.78, 5) is 21.7. The maximum atomic E-state index is 10.9. The Hall–Kier alpha value is -1.52. The lowest BCUT2D eigenvalue weighted by molar-refractivity contribution is -0.145. The van der Waals surface area contributed by atoms with Gasteiger partial charge >= 0.3 is 11.9 Å². The van der Waals surface area contributed by atoms with Crippen LogP contribution in [0.25, 0.3) is 0 Å². The van der Waals surface area contributed by atoms with E-state index in [2.05, 4.69) is 9.47 Å². The number of nitrogens with two attached hydrogens (primary N) is 1. The molecule has 0 aromatic rings. The molecule has 0 atom stereocenters. The highest BCUT2D eigenvalue weighted by Gasteiger charge is 2.18. The van der Waals surface area contributed by atoms with Gasteiger partial charge in [0.1, 0.15) is 0 Å². The fraction of sp³-hybridized carbons (Fsp3) is 0.429. The predicted octanol–water partition coefficient (Wildman–Crippen LogP) is -0.435. The fourth-order valence-corrected chi connectivity index (χ4v) is 0.538. The van der Waals surface area contributed by atoms with Crippen molar-refractivity contribution in [2.75, 3.05) is 13.7 Å². The normalized spacial score (nSPS) is 10.7. The number of esters is 2. The van der Waals surface area contributed by atoms with Crippen molar-refractivity contribution in [3.05, 3.63) is 11.8 Å². The Morgan fingerprint density at radius 2 is 2.00 bits per heavy atom. The lowest BCUT2D eigenvalue weighted by Crippen LogP contribution is -2.18. The first-order valence-corrected chi connectivity index (χ1v) is 3.34. The van der Waals surface area contributed by atoms with E-state index >= 15 is 0 Å². The Balaban J connectivity index is 4.37. The van der Waals surface area contributed by atoms with Gasteiger partial charge < -0.3 is 15.2 Å². The lowest BCUT2D eigenvalue weighted by Gasteiger charge is -2.02. The second-order valence-electron chi connectivity index (χ2n) is 1.79. The highest BCUT2D eigenvalue weighted by molar-refractivity contribution is 6.13. The molecule has 0 rings (SSSR count). The van der Waals surface area contributed by atoms with Crippen LogP contribution in [0.4, 0.5) is 0 Å². The van der Waals surface area contributed by atoms with Crippen molar-refractivity contribution >= 4 is 11.9 Å². The first-order valence-electron chi connectivity index (χ1n) is 3.34. The topological polar surface area (TPSA) is 78.6 Å². The molecule has 0 heterocycles. The van der Waals surface area contributed by atoms with Gasteiger partial charge in [-0.2, -0.15) is 0 Å². The van der Waals surface area contributed by atoms with Crippen molar-refractivity contribution in [2.45, 2.75) is 6.92 Å². The molecule has 0 spiro atoms. The van der Waals surface area contributed by atoms with Crippen molar-refractivity contribution in [2.24, 2.45) is 5.73 Å². The number of hydrogen-bond donors (Lipinski definition) is 1. The van der Waals surface area contributed by atoms with Crippen LogP contribution in [0.1, 0.15) is 6.92 Å². The van der Waals surface area contributed by atoms with Gasteiger partial charge in [-0.1, -0.05) is 0 Å². The molecule has 0 aromatic carbocycles. The Labute approximate surface area is 70.1 Å². The van der Waals surface area contributed by atoms with E-state index in [0.29, 0.717) is 0 Å². The van der Waals surface area contributed by atoms with Gasteiger partial charge in [-0.05, 0) is 6.92 Å². The van der Waals surface area contributed by atoms with Gasteiger partial charge in [0, 0.05) is 6.20 Å². The molecule has 5 nitrogen and oxygen atoms in total. The van der Waals surface area contributed by atoms with E-state index in [-0.39, 0.29) is 12.2 Å². The smallest absolute Gasteiger partial charge is 0.347 e. The summed E-state index contributed by atoms with van der Waals surface area (Å²) < 4.78 is 8.81. The summed E-state index contributed by atoms with van der Waals surface area (Å²) in [6.45, 7) is 1.82. The Kier molecular flexibility index (Phi) is 4.52. The molecule has 0 fully saturated rings. The lowest BCUT2D eigenvalue weighted by atomic mass is 10.3.